The third kappa shape index (κ3) is 2.42. The zero-order valence-electron chi connectivity index (χ0n) is 15.6. The van der Waals surface area contributed by atoms with Crippen LogP contribution in [0.15, 0.2) is 23.9 Å². The van der Waals surface area contributed by atoms with Crippen LogP contribution in [0.2, 0.25) is 0 Å². The zero-order chi connectivity index (χ0) is 17.6. The Bertz CT molecular complexity index is 847. The van der Waals surface area contributed by atoms with Crippen molar-refractivity contribution in [1.82, 2.24) is 14.6 Å². The molecule has 0 atom stereocenters. The van der Waals surface area contributed by atoms with E-state index in [1.54, 1.807) is 8.05 Å². The van der Waals surface area contributed by atoms with Crippen molar-refractivity contribution in [3.05, 3.63) is 35.2 Å². The van der Waals surface area contributed by atoms with Gasteiger partial charge in [0, 0.05) is 29.7 Å². The molecule has 0 radical (unpaired) electrons. The third-order valence-corrected chi connectivity index (χ3v) is 6.72. The maximum Gasteiger partial charge on any atom is 0.257 e. The summed E-state index contributed by atoms with van der Waals surface area (Å²) in [5.41, 5.74) is 5.31. The molecule has 5 nitrogen and oxygen atoms in total. The van der Waals surface area contributed by atoms with Crippen LogP contribution >= 0.6 is 0 Å². The largest absolute Gasteiger partial charge is 0.441 e. The fraction of sp³-hybridized carbons (Fsp3) is 0.600. The molecule has 5 rings (SSSR count). The first kappa shape index (κ1) is 16.4. The Morgan fingerprint density at radius 3 is 2.85 bits per heavy atom. The van der Waals surface area contributed by atoms with Crippen LogP contribution in [-0.4, -0.2) is 35.3 Å². The van der Waals surface area contributed by atoms with Crippen molar-refractivity contribution in [2.24, 2.45) is 0 Å². The number of nitrogens with zero attached hydrogens (tertiary/aromatic N) is 3. The van der Waals surface area contributed by atoms with Crippen molar-refractivity contribution in [2.75, 3.05) is 11.9 Å². The molecule has 3 aliphatic rings. The molecule has 2 aromatic heterocycles. The summed E-state index contributed by atoms with van der Waals surface area (Å²) in [6.45, 7) is 0.688. The minimum atomic E-state index is 0.131. The van der Waals surface area contributed by atoms with Gasteiger partial charge in [-0.1, -0.05) is 37.3 Å². The quantitative estimate of drug-likeness (QED) is 0.681. The lowest BCUT2D eigenvalue weighted by Crippen LogP contribution is -2.24. The number of hydrogen-bond donors (Lipinski definition) is 1. The third-order valence-electron chi connectivity index (χ3n) is 6.72. The van der Waals surface area contributed by atoms with E-state index in [0.717, 1.165) is 12.1 Å². The first-order chi connectivity index (χ1) is 12.8. The molecule has 3 aliphatic carbocycles. The SMILES string of the molecule is BOC/C=C1\Cc2c(nc3ccnn3c2NC2CCCC2)C12CCCC2. The van der Waals surface area contributed by atoms with E-state index in [1.165, 1.54) is 74.0 Å². The molecule has 0 aromatic carbocycles. The Balaban J connectivity index is 1.66. The summed E-state index contributed by atoms with van der Waals surface area (Å²) >= 11 is 0. The van der Waals surface area contributed by atoms with Gasteiger partial charge >= 0.3 is 0 Å². The van der Waals surface area contributed by atoms with Crippen LogP contribution in [0.4, 0.5) is 5.82 Å². The van der Waals surface area contributed by atoms with Crippen LogP contribution in [0.25, 0.3) is 5.65 Å². The van der Waals surface area contributed by atoms with Gasteiger partial charge in [-0.25, -0.2) is 4.98 Å². The highest BCUT2D eigenvalue weighted by Gasteiger charge is 2.47. The fourth-order valence-electron chi connectivity index (χ4n) is 5.45. The van der Waals surface area contributed by atoms with E-state index in [4.69, 9.17) is 9.64 Å². The van der Waals surface area contributed by atoms with Gasteiger partial charge in [-0.2, -0.15) is 9.61 Å². The minimum Gasteiger partial charge on any atom is -0.441 e. The smallest absolute Gasteiger partial charge is 0.257 e. The van der Waals surface area contributed by atoms with Crippen molar-refractivity contribution >= 4 is 19.5 Å². The maximum atomic E-state index is 5.38. The second-order valence-corrected chi connectivity index (χ2v) is 8.17. The van der Waals surface area contributed by atoms with Crippen LogP contribution in [-0.2, 0) is 16.5 Å². The first-order valence-corrected chi connectivity index (χ1v) is 10.1. The van der Waals surface area contributed by atoms with Crippen molar-refractivity contribution in [3.63, 3.8) is 0 Å². The number of allylic oxidation sites excluding steroid dienone is 1. The predicted molar refractivity (Wildman–Crippen MR) is 105 cm³/mol. The van der Waals surface area contributed by atoms with Gasteiger partial charge in [0.05, 0.1) is 11.9 Å². The second kappa shape index (κ2) is 6.41. The number of nitrogens with one attached hydrogen (secondary N) is 1. The van der Waals surface area contributed by atoms with Crippen LogP contribution in [0.3, 0.4) is 0 Å². The Kier molecular flexibility index (Phi) is 4.04. The molecule has 1 N–H and O–H groups in total. The van der Waals surface area contributed by atoms with Gasteiger partial charge < -0.3 is 9.97 Å². The molecule has 6 heteroatoms. The lowest BCUT2D eigenvalue weighted by molar-refractivity contribution is 0.396. The lowest BCUT2D eigenvalue weighted by atomic mass is 9.79. The highest BCUT2D eigenvalue weighted by atomic mass is 16.4. The topological polar surface area (TPSA) is 51.5 Å². The lowest BCUT2D eigenvalue weighted by Gasteiger charge is -2.26. The van der Waals surface area contributed by atoms with Gasteiger partial charge in [-0.3, -0.25) is 0 Å². The van der Waals surface area contributed by atoms with E-state index >= 15 is 0 Å². The molecule has 26 heavy (non-hydrogen) atoms. The summed E-state index contributed by atoms with van der Waals surface area (Å²) in [7, 11) is 1.78. The van der Waals surface area contributed by atoms with E-state index < -0.39 is 0 Å². The van der Waals surface area contributed by atoms with E-state index in [2.05, 4.69) is 16.5 Å². The maximum absolute atomic E-state index is 5.38. The molecule has 1 spiro atoms. The molecule has 2 heterocycles. The Morgan fingerprint density at radius 1 is 1.27 bits per heavy atom. The summed E-state index contributed by atoms with van der Waals surface area (Å²) in [5.74, 6) is 1.19. The van der Waals surface area contributed by atoms with Crippen molar-refractivity contribution in [1.29, 1.82) is 0 Å². The van der Waals surface area contributed by atoms with Gasteiger partial charge in [0.2, 0.25) is 0 Å². The Hall–Kier alpha value is -1.82. The van der Waals surface area contributed by atoms with E-state index in [-0.39, 0.29) is 5.41 Å². The van der Waals surface area contributed by atoms with Crippen molar-refractivity contribution < 1.29 is 4.65 Å². The number of rotatable bonds is 4. The van der Waals surface area contributed by atoms with Gasteiger partial charge in [0.1, 0.15) is 5.82 Å². The molecular formula is C20H27BN4O. The number of fused-ring (bicyclic) bond motifs is 3. The highest BCUT2D eigenvalue weighted by molar-refractivity contribution is 5.98. The molecule has 0 amide bonds. The molecule has 2 saturated carbocycles. The average molecular weight is 350 g/mol. The van der Waals surface area contributed by atoms with Crippen LogP contribution in [0.1, 0.15) is 62.6 Å². The predicted octanol–water partition coefficient (Wildman–Crippen LogP) is 2.94. The normalized spacial score (nSPS) is 23.5. The summed E-state index contributed by atoms with van der Waals surface area (Å²) in [5, 5.41) is 8.44. The van der Waals surface area contributed by atoms with E-state index in [9.17, 15) is 0 Å². The molecule has 0 saturated heterocycles. The molecule has 136 valence electrons. The molecule has 2 fully saturated rings. The molecule has 0 bridgehead atoms. The minimum absolute atomic E-state index is 0.131. The highest BCUT2D eigenvalue weighted by Crippen LogP contribution is 2.54. The fourth-order valence-corrected chi connectivity index (χ4v) is 5.45. The molecular weight excluding hydrogens is 323 g/mol. The second-order valence-electron chi connectivity index (χ2n) is 8.17. The zero-order valence-corrected chi connectivity index (χ0v) is 15.6. The van der Waals surface area contributed by atoms with E-state index in [1.807, 2.05) is 16.8 Å². The summed E-state index contributed by atoms with van der Waals surface area (Å²) < 4.78 is 7.40. The van der Waals surface area contributed by atoms with Crippen LogP contribution in [0, 0.1) is 0 Å². The average Bonchev–Trinajstić information content (AvgIpc) is 3.42. The monoisotopic (exact) mass is 350 g/mol. The summed E-state index contributed by atoms with van der Waals surface area (Å²) in [4.78, 5) is 5.12. The number of aromatic nitrogens is 3. The van der Waals surface area contributed by atoms with Crippen LogP contribution in [0.5, 0.6) is 0 Å². The number of hydrogen-bond acceptors (Lipinski definition) is 4. The van der Waals surface area contributed by atoms with Gasteiger partial charge in [0.25, 0.3) is 8.05 Å². The van der Waals surface area contributed by atoms with Crippen molar-refractivity contribution in [3.8, 4) is 0 Å². The van der Waals surface area contributed by atoms with Gasteiger partial charge in [-0.05, 0) is 32.1 Å². The summed E-state index contributed by atoms with van der Waals surface area (Å²) in [6.07, 6.45) is 15.4. The van der Waals surface area contributed by atoms with Crippen LogP contribution < -0.4 is 5.32 Å². The molecule has 0 aliphatic heterocycles. The van der Waals surface area contributed by atoms with E-state index in [0.29, 0.717) is 12.6 Å². The first-order valence-electron chi connectivity index (χ1n) is 10.1. The Labute approximate surface area is 155 Å². The van der Waals surface area contributed by atoms with Crippen molar-refractivity contribution in [2.45, 2.75) is 69.2 Å². The summed E-state index contributed by atoms with van der Waals surface area (Å²) in [6, 6.07) is 2.61. The molecule has 0 unspecified atom stereocenters. The van der Waals surface area contributed by atoms with Gasteiger partial charge in [-0.15, -0.1) is 0 Å². The van der Waals surface area contributed by atoms with Gasteiger partial charge in [0.15, 0.2) is 5.65 Å². The molecule has 2 aromatic rings. The standard InChI is InChI=1S/C20H27BN4O/c21-26-12-8-14-13-16-18(20(14)9-3-4-10-20)24-17-7-11-22-25(17)19(16)23-15-5-1-2-6-15/h7-8,11,15,23H,1-6,9-10,12-13,21H2/b14-8+. The Morgan fingerprint density at radius 2 is 2.08 bits per heavy atom. The number of anilines is 1.